The Morgan fingerprint density at radius 2 is 1.67 bits per heavy atom. The number of hydrogen-bond acceptors (Lipinski definition) is 3. The highest BCUT2D eigenvalue weighted by molar-refractivity contribution is 5.78. The molecule has 2 atom stereocenters. The molecule has 3 aliphatic heterocycles. The van der Waals surface area contributed by atoms with Gasteiger partial charge in [-0.25, -0.2) is 0 Å². The molecule has 0 radical (unpaired) electrons. The van der Waals surface area contributed by atoms with Crippen molar-refractivity contribution in [1.82, 2.24) is 9.80 Å². The fraction of sp³-hybridized carbons (Fsp3) is 0.929. The summed E-state index contributed by atoms with van der Waals surface area (Å²) in [6.07, 6.45) is 8.33. The number of likely N-dealkylation sites (tertiary alicyclic amines) is 1. The molecule has 0 aromatic carbocycles. The van der Waals surface area contributed by atoms with Gasteiger partial charge in [-0.1, -0.05) is 6.42 Å². The van der Waals surface area contributed by atoms with Gasteiger partial charge in [0.2, 0.25) is 5.91 Å². The molecular weight excluding hydrogens is 226 g/mol. The van der Waals surface area contributed by atoms with Gasteiger partial charge in [-0.2, -0.15) is 0 Å². The molecular formula is C14H25N3O. The van der Waals surface area contributed by atoms with Gasteiger partial charge in [0.1, 0.15) is 0 Å². The topological polar surface area (TPSA) is 49.6 Å². The maximum Gasteiger partial charge on any atom is 0.236 e. The molecule has 0 aliphatic carbocycles. The Morgan fingerprint density at radius 3 is 2.28 bits per heavy atom. The zero-order chi connectivity index (χ0) is 12.5. The van der Waals surface area contributed by atoms with Crippen LogP contribution in [0.25, 0.3) is 0 Å². The summed E-state index contributed by atoms with van der Waals surface area (Å²) in [7, 11) is 0. The van der Waals surface area contributed by atoms with E-state index in [1.807, 2.05) is 4.90 Å². The Labute approximate surface area is 109 Å². The second kappa shape index (κ2) is 5.17. The van der Waals surface area contributed by atoms with Crippen LogP contribution in [0, 0.1) is 0 Å². The third kappa shape index (κ3) is 2.41. The first-order valence-corrected chi connectivity index (χ1v) is 7.53. The van der Waals surface area contributed by atoms with E-state index in [1.54, 1.807) is 0 Å². The number of rotatable bonds is 2. The van der Waals surface area contributed by atoms with E-state index in [1.165, 1.54) is 32.1 Å². The summed E-state index contributed by atoms with van der Waals surface area (Å²) >= 11 is 0. The van der Waals surface area contributed by atoms with Crippen molar-refractivity contribution in [2.45, 2.75) is 63.1 Å². The van der Waals surface area contributed by atoms with E-state index in [2.05, 4.69) is 4.90 Å². The molecule has 3 heterocycles. The summed E-state index contributed by atoms with van der Waals surface area (Å²) in [5.41, 5.74) is 6.12. The van der Waals surface area contributed by atoms with E-state index in [4.69, 9.17) is 5.73 Å². The normalized spacial score (nSPS) is 36.9. The first-order chi connectivity index (χ1) is 8.74. The van der Waals surface area contributed by atoms with E-state index in [0.717, 1.165) is 25.9 Å². The fourth-order valence-corrected chi connectivity index (χ4v) is 4.00. The minimum atomic E-state index is 0.347. The Morgan fingerprint density at radius 1 is 1.06 bits per heavy atom. The molecule has 0 aromatic rings. The van der Waals surface area contributed by atoms with Crippen molar-refractivity contribution in [3.63, 3.8) is 0 Å². The summed E-state index contributed by atoms with van der Waals surface area (Å²) in [5.74, 6) is 0.347. The molecule has 1 amide bonds. The van der Waals surface area contributed by atoms with E-state index in [-0.39, 0.29) is 0 Å². The molecule has 0 aromatic heterocycles. The number of nitrogens with zero attached hydrogens (tertiary/aromatic N) is 2. The van der Waals surface area contributed by atoms with Crippen LogP contribution in [0.3, 0.4) is 0 Å². The van der Waals surface area contributed by atoms with Crippen molar-refractivity contribution in [2.75, 3.05) is 19.6 Å². The van der Waals surface area contributed by atoms with Crippen molar-refractivity contribution in [2.24, 2.45) is 5.73 Å². The predicted molar refractivity (Wildman–Crippen MR) is 71.2 cm³/mol. The van der Waals surface area contributed by atoms with Crippen LogP contribution in [0.4, 0.5) is 0 Å². The number of carbonyl (C=O) groups is 1. The first-order valence-electron chi connectivity index (χ1n) is 7.53. The highest BCUT2D eigenvalue weighted by Crippen LogP contribution is 2.33. The quantitative estimate of drug-likeness (QED) is 0.795. The summed E-state index contributed by atoms with van der Waals surface area (Å²) in [6.45, 7) is 2.59. The van der Waals surface area contributed by atoms with Crippen molar-refractivity contribution >= 4 is 5.91 Å². The van der Waals surface area contributed by atoms with E-state index in [0.29, 0.717) is 30.6 Å². The summed E-state index contributed by atoms with van der Waals surface area (Å²) in [6, 6.07) is 1.50. The molecule has 2 bridgehead atoms. The third-order valence-electron chi connectivity index (χ3n) is 4.94. The van der Waals surface area contributed by atoms with Crippen LogP contribution < -0.4 is 5.73 Å². The number of fused-ring (bicyclic) bond motifs is 2. The number of nitrogens with two attached hydrogens (primary N) is 1. The zero-order valence-corrected chi connectivity index (χ0v) is 11.2. The molecule has 3 aliphatic rings. The van der Waals surface area contributed by atoms with Crippen LogP contribution in [0.15, 0.2) is 0 Å². The lowest BCUT2D eigenvalue weighted by Crippen LogP contribution is -2.57. The van der Waals surface area contributed by atoms with Crippen molar-refractivity contribution in [3.05, 3.63) is 0 Å². The Kier molecular flexibility index (Phi) is 3.57. The Bertz CT molecular complexity index is 300. The molecule has 2 unspecified atom stereocenters. The molecule has 3 saturated heterocycles. The number of carbonyl (C=O) groups excluding carboxylic acids is 1. The van der Waals surface area contributed by atoms with Crippen molar-refractivity contribution in [1.29, 1.82) is 0 Å². The zero-order valence-electron chi connectivity index (χ0n) is 11.2. The second-order valence-electron chi connectivity index (χ2n) is 6.23. The predicted octanol–water partition coefficient (Wildman–Crippen LogP) is 0.953. The van der Waals surface area contributed by atoms with Gasteiger partial charge in [-0.3, -0.25) is 9.69 Å². The summed E-state index contributed by atoms with van der Waals surface area (Å²) in [4.78, 5) is 16.8. The number of piperidine rings is 2. The first kappa shape index (κ1) is 12.4. The number of hydrogen-bond donors (Lipinski definition) is 1. The fourth-order valence-electron chi connectivity index (χ4n) is 4.00. The van der Waals surface area contributed by atoms with Crippen LogP contribution in [0.2, 0.25) is 0 Å². The van der Waals surface area contributed by atoms with Crippen LogP contribution in [0.5, 0.6) is 0 Å². The van der Waals surface area contributed by atoms with Gasteiger partial charge < -0.3 is 10.6 Å². The van der Waals surface area contributed by atoms with Gasteiger partial charge >= 0.3 is 0 Å². The lowest BCUT2D eigenvalue weighted by molar-refractivity contribution is -0.134. The van der Waals surface area contributed by atoms with Crippen LogP contribution in [-0.2, 0) is 4.79 Å². The molecule has 4 nitrogen and oxygen atoms in total. The van der Waals surface area contributed by atoms with Gasteiger partial charge in [0.25, 0.3) is 0 Å². The van der Waals surface area contributed by atoms with Crippen molar-refractivity contribution in [3.8, 4) is 0 Å². The molecule has 0 spiro atoms. The number of amides is 1. The highest BCUT2D eigenvalue weighted by Gasteiger charge is 2.38. The standard InChI is InChI=1S/C14H25N3O/c15-11-8-12-4-3-5-13(9-11)17(12)10-14(18)16-6-1-2-7-16/h11-13H,1-10,15H2. The maximum absolute atomic E-state index is 12.3. The minimum Gasteiger partial charge on any atom is -0.342 e. The Hall–Kier alpha value is -0.610. The third-order valence-corrected chi connectivity index (χ3v) is 4.94. The minimum absolute atomic E-state index is 0.347. The van der Waals surface area contributed by atoms with Gasteiger partial charge in [0.15, 0.2) is 0 Å². The average molecular weight is 251 g/mol. The summed E-state index contributed by atoms with van der Waals surface area (Å²) < 4.78 is 0. The van der Waals surface area contributed by atoms with Gasteiger partial charge in [-0.05, 0) is 38.5 Å². The van der Waals surface area contributed by atoms with Crippen molar-refractivity contribution < 1.29 is 4.79 Å². The molecule has 4 heteroatoms. The van der Waals surface area contributed by atoms with Crippen LogP contribution in [-0.4, -0.2) is 53.5 Å². The molecule has 3 rings (SSSR count). The monoisotopic (exact) mass is 251 g/mol. The van der Waals surface area contributed by atoms with Gasteiger partial charge in [0, 0.05) is 31.2 Å². The van der Waals surface area contributed by atoms with Gasteiger partial charge in [0.05, 0.1) is 6.54 Å². The lowest BCUT2D eigenvalue weighted by Gasteiger charge is -2.48. The van der Waals surface area contributed by atoms with Crippen LogP contribution in [0.1, 0.15) is 44.9 Å². The molecule has 3 fully saturated rings. The molecule has 2 N–H and O–H groups in total. The second-order valence-corrected chi connectivity index (χ2v) is 6.23. The SMILES string of the molecule is NC1CC2CCCC(C1)N2CC(=O)N1CCCC1. The largest absolute Gasteiger partial charge is 0.342 e. The maximum atomic E-state index is 12.3. The highest BCUT2D eigenvalue weighted by atomic mass is 16.2. The summed E-state index contributed by atoms with van der Waals surface area (Å²) in [5, 5.41) is 0. The average Bonchev–Trinajstić information content (AvgIpc) is 2.83. The van der Waals surface area contributed by atoms with E-state index in [9.17, 15) is 4.79 Å². The van der Waals surface area contributed by atoms with E-state index < -0.39 is 0 Å². The van der Waals surface area contributed by atoms with E-state index >= 15 is 0 Å². The van der Waals surface area contributed by atoms with Crippen LogP contribution >= 0.6 is 0 Å². The van der Waals surface area contributed by atoms with Gasteiger partial charge in [-0.15, -0.1) is 0 Å². The lowest BCUT2D eigenvalue weighted by atomic mass is 9.82. The molecule has 0 saturated carbocycles. The Balaban J connectivity index is 1.62. The molecule has 18 heavy (non-hydrogen) atoms. The molecule has 102 valence electrons. The smallest absolute Gasteiger partial charge is 0.236 e.